The number of benzene rings is 2. The number of morpholine rings is 1. The molecular formula is C22H21N3O2. The Morgan fingerprint density at radius 2 is 1.89 bits per heavy atom. The molecule has 3 aromatic rings. The predicted octanol–water partition coefficient (Wildman–Crippen LogP) is 3.83. The van der Waals surface area contributed by atoms with Crippen LogP contribution in [0.4, 0.5) is 5.69 Å². The third kappa shape index (κ3) is 3.86. The minimum atomic E-state index is 0.458. The number of aryl methyl sites for hydroxylation is 1. The molecule has 1 fully saturated rings. The van der Waals surface area contributed by atoms with E-state index in [1.54, 1.807) is 12.1 Å². The van der Waals surface area contributed by atoms with Crippen molar-refractivity contribution in [3.05, 3.63) is 65.4 Å². The molecule has 0 N–H and O–H groups in total. The molecule has 0 unspecified atom stereocenters. The first-order chi connectivity index (χ1) is 13.2. The average molecular weight is 359 g/mol. The van der Waals surface area contributed by atoms with Crippen LogP contribution in [0.5, 0.6) is 5.75 Å². The number of nitrogens with zero attached hydrogens (tertiary/aromatic N) is 3. The first-order valence-electron chi connectivity index (χ1n) is 9.09. The van der Waals surface area contributed by atoms with E-state index in [2.05, 4.69) is 23.1 Å². The first-order valence-corrected chi connectivity index (χ1v) is 9.09. The Bertz CT molecular complexity index is 987. The highest BCUT2D eigenvalue weighted by Crippen LogP contribution is 2.30. The maximum atomic E-state index is 8.88. The standard InChI is InChI=1S/C22H21N3O2/c1-16-12-22(25-8-10-26-11-9-25)20-7-6-19(13-21(20)24-16)27-15-18-4-2-17(14-23)3-5-18/h2-7,12-13H,8-11,15H2,1H3. The molecule has 0 saturated carbocycles. The van der Waals surface area contributed by atoms with Gasteiger partial charge in [-0.2, -0.15) is 5.26 Å². The summed E-state index contributed by atoms with van der Waals surface area (Å²) in [6, 6.07) is 17.8. The van der Waals surface area contributed by atoms with Gasteiger partial charge in [0, 0.05) is 35.9 Å². The molecule has 0 amide bonds. The highest BCUT2D eigenvalue weighted by molar-refractivity contribution is 5.92. The molecule has 4 rings (SSSR count). The number of hydrogen-bond acceptors (Lipinski definition) is 5. The highest BCUT2D eigenvalue weighted by atomic mass is 16.5. The van der Waals surface area contributed by atoms with Gasteiger partial charge in [-0.25, -0.2) is 0 Å². The zero-order valence-electron chi connectivity index (χ0n) is 15.3. The molecule has 1 aromatic heterocycles. The topological polar surface area (TPSA) is 58.4 Å². The van der Waals surface area contributed by atoms with E-state index in [9.17, 15) is 0 Å². The van der Waals surface area contributed by atoms with Gasteiger partial charge in [0.1, 0.15) is 12.4 Å². The lowest BCUT2D eigenvalue weighted by Gasteiger charge is -2.30. The van der Waals surface area contributed by atoms with Gasteiger partial charge in [-0.1, -0.05) is 12.1 Å². The fourth-order valence-corrected chi connectivity index (χ4v) is 3.32. The van der Waals surface area contributed by atoms with E-state index in [1.165, 1.54) is 5.69 Å². The monoisotopic (exact) mass is 359 g/mol. The molecule has 27 heavy (non-hydrogen) atoms. The zero-order chi connectivity index (χ0) is 18.6. The minimum Gasteiger partial charge on any atom is -0.489 e. The summed E-state index contributed by atoms with van der Waals surface area (Å²) in [5.74, 6) is 0.790. The molecular weight excluding hydrogens is 338 g/mol. The Balaban J connectivity index is 1.57. The van der Waals surface area contributed by atoms with Crippen molar-refractivity contribution in [2.45, 2.75) is 13.5 Å². The van der Waals surface area contributed by atoms with Crippen LogP contribution in [0, 0.1) is 18.3 Å². The van der Waals surface area contributed by atoms with Crippen molar-refractivity contribution in [2.24, 2.45) is 0 Å². The van der Waals surface area contributed by atoms with Gasteiger partial charge in [0.15, 0.2) is 0 Å². The fourth-order valence-electron chi connectivity index (χ4n) is 3.32. The Morgan fingerprint density at radius 1 is 1.11 bits per heavy atom. The molecule has 1 aliphatic rings. The number of fused-ring (bicyclic) bond motifs is 1. The second-order valence-corrected chi connectivity index (χ2v) is 6.66. The SMILES string of the molecule is Cc1cc(N2CCOCC2)c2ccc(OCc3ccc(C#N)cc3)cc2n1. The van der Waals surface area contributed by atoms with Gasteiger partial charge in [0.05, 0.1) is 30.4 Å². The van der Waals surface area contributed by atoms with Crippen LogP contribution in [0.25, 0.3) is 10.9 Å². The Morgan fingerprint density at radius 3 is 2.63 bits per heavy atom. The Labute approximate surface area is 158 Å². The normalized spacial score (nSPS) is 14.1. The summed E-state index contributed by atoms with van der Waals surface area (Å²) in [5, 5.41) is 10.0. The lowest BCUT2D eigenvalue weighted by molar-refractivity contribution is 0.123. The number of ether oxygens (including phenoxy) is 2. The summed E-state index contributed by atoms with van der Waals surface area (Å²) in [5.41, 5.74) is 4.82. The second-order valence-electron chi connectivity index (χ2n) is 6.66. The Hall–Kier alpha value is -3.10. The van der Waals surface area contributed by atoms with E-state index in [4.69, 9.17) is 19.7 Å². The van der Waals surface area contributed by atoms with Crippen LogP contribution in [0.1, 0.15) is 16.8 Å². The third-order valence-corrected chi connectivity index (χ3v) is 4.73. The van der Waals surface area contributed by atoms with E-state index in [0.717, 1.165) is 54.2 Å². The van der Waals surface area contributed by atoms with Crippen LogP contribution in [0.3, 0.4) is 0 Å². The molecule has 5 nitrogen and oxygen atoms in total. The lowest BCUT2D eigenvalue weighted by atomic mass is 10.1. The molecule has 1 aliphatic heterocycles. The van der Waals surface area contributed by atoms with Crippen molar-refractivity contribution in [2.75, 3.05) is 31.2 Å². The van der Waals surface area contributed by atoms with Gasteiger partial charge in [-0.05, 0) is 42.8 Å². The van der Waals surface area contributed by atoms with Gasteiger partial charge in [-0.15, -0.1) is 0 Å². The van der Waals surface area contributed by atoms with E-state index in [0.29, 0.717) is 12.2 Å². The predicted molar refractivity (Wildman–Crippen MR) is 105 cm³/mol. The summed E-state index contributed by atoms with van der Waals surface area (Å²) in [4.78, 5) is 7.05. The smallest absolute Gasteiger partial charge is 0.122 e. The lowest BCUT2D eigenvalue weighted by Crippen LogP contribution is -2.36. The van der Waals surface area contributed by atoms with Gasteiger partial charge >= 0.3 is 0 Å². The summed E-state index contributed by atoms with van der Waals surface area (Å²) < 4.78 is 11.4. The molecule has 0 radical (unpaired) electrons. The van der Waals surface area contributed by atoms with Crippen molar-refractivity contribution in [1.29, 1.82) is 5.26 Å². The van der Waals surface area contributed by atoms with Crippen LogP contribution >= 0.6 is 0 Å². The highest BCUT2D eigenvalue weighted by Gasteiger charge is 2.15. The molecule has 0 aliphatic carbocycles. The van der Waals surface area contributed by atoms with Crippen molar-refractivity contribution in [3.63, 3.8) is 0 Å². The van der Waals surface area contributed by atoms with Gasteiger partial charge in [0.25, 0.3) is 0 Å². The summed E-state index contributed by atoms with van der Waals surface area (Å²) in [6.07, 6.45) is 0. The number of nitriles is 1. The molecule has 2 heterocycles. The maximum absolute atomic E-state index is 8.88. The molecule has 0 bridgehead atoms. The van der Waals surface area contributed by atoms with E-state index in [-0.39, 0.29) is 0 Å². The minimum absolute atomic E-state index is 0.458. The second kappa shape index (κ2) is 7.65. The molecule has 2 aromatic carbocycles. The number of pyridine rings is 1. The van der Waals surface area contributed by atoms with Crippen LogP contribution in [0.15, 0.2) is 48.5 Å². The Kier molecular flexibility index (Phi) is 4.91. The third-order valence-electron chi connectivity index (χ3n) is 4.73. The van der Waals surface area contributed by atoms with E-state index in [1.807, 2.05) is 31.2 Å². The zero-order valence-corrected chi connectivity index (χ0v) is 15.3. The van der Waals surface area contributed by atoms with Gasteiger partial charge < -0.3 is 14.4 Å². The number of hydrogen-bond donors (Lipinski definition) is 0. The first kappa shape index (κ1) is 17.3. The number of rotatable bonds is 4. The molecule has 5 heteroatoms. The largest absolute Gasteiger partial charge is 0.489 e. The number of aromatic nitrogens is 1. The summed E-state index contributed by atoms with van der Waals surface area (Å²) in [7, 11) is 0. The van der Waals surface area contributed by atoms with Crippen molar-refractivity contribution in [3.8, 4) is 11.8 Å². The molecule has 0 atom stereocenters. The van der Waals surface area contributed by atoms with Crippen molar-refractivity contribution in [1.82, 2.24) is 4.98 Å². The van der Waals surface area contributed by atoms with Crippen LogP contribution in [-0.4, -0.2) is 31.3 Å². The molecule has 0 spiro atoms. The van der Waals surface area contributed by atoms with E-state index < -0.39 is 0 Å². The van der Waals surface area contributed by atoms with Crippen LogP contribution in [-0.2, 0) is 11.3 Å². The van der Waals surface area contributed by atoms with E-state index >= 15 is 0 Å². The molecule has 1 saturated heterocycles. The van der Waals surface area contributed by atoms with Gasteiger partial charge in [0.2, 0.25) is 0 Å². The quantitative estimate of drug-likeness (QED) is 0.708. The summed E-state index contributed by atoms with van der Waals surface area (Å²) >= 11 is 0. The van der Waals surface area contributed by atoms with Crippen molar-refractivity contribution >= 4 is 16.6 Å². The average Bonchev–Trinajstić information content (AvgIpc) is 2.72. The van der Waals surface area contributed by atoms with Crippen molar-refractivity contribution < 1.29 is 9.47 Å². The molecule has 136 valence electrons. The van der Waals surface area contributed by atoms with Crippen LogP contribution < -0.4 is 9.64 Å². The maximum Gasteiger partial charge on any atom is 0.122 e. The fraction of sp³-hybridized carbons (Fsp3) is 0.273. The van der Waals surface area contributed by atoms with Crippen LogP contribution in [0.2, 0.25) is 0 Å². The number of anilines is 1. The van der Waals surface area contributed by atoms with Gasteiger partial charge in [-0.3, -0.25) is 4.98 Å². The summed E-state index contributed by atoms with van der Waals surface area (Å²) in [6.45, 7) is 5.79.